The second kappa shape index (κ2) is 12.9. The van der Waals surface area contributed by atoms with Crippen molar-refractivity contribution >= 4 is 41.1 Å². The second-order valence-corrected chi connectivity index (χ2v) is 13.0. The molecule has 1 spiro atoms. The molecule has 3 amide bonds. The first-order chi connectivity index (χ1) is 21.2. The number of aryl methyl sites for hydroxylation is 1. The average molecular weight is 624 g/mol. The monoisotopic (exact) mass is 623 g/mol. The fourth-order valence-electron chi connectivity index (χ4n) is 7.25. The van der Waals surface area contributed by atoms with Crippen LogP contribution in [0.2, 0.25) is 5.02 Å². The van der Waals surface area contributed by atoms with E-state index < -0.39 is 23.9 Å². The Labute approximate surface area is 263 Å². The number of fused-ring (bicyclic) bond motifs is 2. The lowest BCUT2D eigenvalue weighted by atomic mass is 9.82. The third-order valence-electron chi connectivity index (χ3n) is 9.79. The molecule has 4 heterocycles. The van der Waals surface area contributed by atoms with Gasteiger partial charge in [-0.15, -0.1) is 0 Å². The number of amides is 3. The summed E-state index contributed by atoms with van der Waals surface area (Å²) < 4.78 is 11.8. The third kappa shape index (κ3) is 6.33. The van der Waals surface area contributed by atoms with Crippen molar-refractivity contribution in [2.24, 2.45) is 0 Å². The fraction of sp³-hybridized carbons (Fsp3) is 0.545. The molecule has 0 unspecified atom stereocenters. The minimum atomic E-state index is -0.999. The maximum atomic E-state index is 14.0. The smallest absolute Gasteiger partial charge is 0.412 e. The zero-order valence-corrected chi connectivity index (χ0v) is 26.1. The highest BCUT2D eigenvalue weighted by molar-refractivity contribution is 6.33. The molecule has 44 heavy (non-hydrogen) atoms. The van der Waals surface area contributed by atoms with Crippen LogP contribution in [-0.4, -0.2) is 84.2 Å². The standard InChI is InChI=1S/C33H42ClN5O5/c1-22-19-23(20-26(34)29(22)35)21-28(30(40)38-15-9-24(10-16-38)37-13-5-2-6-14-37)43-32(42)39-17-11-33(12-18-39)25-7-3-4-8-27(25)36-31(41)44-33/h3-4,7-8,19-20,24,28H,2,5-6,9-18,21,35H2,1H3,(H,36,41)/t28-/m1/s1. The Bertz CT molecular complexity index is 1370. The van der Waals surface area contributed by atoms with E-state index in [0.29, 0.717) is 55.8 Å². The Kier molecular flexibility index (Phi) is 8.91. The molecule has 0 aromatic heterocycles. The zero-order valence-electron chi connectivity index (χ0n) is 25.4. The number of hydrogen-bond donors (Lipinski definition) is 2. The molecular formula is C33H42ClN5O5. The van der Waals surface area contributed by atoms with Gasteiger partial charge in [-0.2, -0.15) is 0 Å². The summed E-state index contributed by atoms with van der Waals surface area (Å²) in [5.74, 6) is -0.185. The molecule has 2 aromatic rings. The first-order valence-electron chi connectivity index (χ1n) is 15.8. The zero-order chi connectivity index (χ0) is 30.8. The van der Waals surface area contributed by atoms with E-state index in [1.54, 1.807) is 11.0 Å². The lowest BCUT2D eigenvalue weighted by Crippen LogP contribution is -2.53. The number of nitrogens with zero attached hydrogens (tertiary/aromatic N) is 3. The van der Waals surface area contributed by atoms with Gasteiger partial charge in [0.2, 0.25) is 0 Å². The van der Waals surface area contributed by atoms with Crippen molar-refractivity contribution in [2.75, 3.05) is 50.3 Å². The van der Waals surface area contributed by atoms with Gasteiger partial charge in [-0.05, 0) is 69.0 Å². The predicted molar refractivity (Wildman–Crippen MR) is 169 cm³/mol. The number of carbonyl (C=O) groups excluding carboxylic acids is 3. The van der Waals surface area contributed by atoms with Gasteiger partial charge in [0, 0.05) is 57.0 Å². The minimum absolute atomic E-state index is 0.185. The summed E-state index contributed by atoms with van der Waals surface area (Å²) in [6, 6.07) is 11.7. The van der Waals surface area contributed by atoms with E-state index in [0.717, 1.165) is 48.3 Å². The Morgan fingerprint density at radius 1 is 1.05 bits per heavy atom. The number of rotatable bonds is 5. The lowest BCUT2D eigenvalue weighted by molar-refractivity contribution is -0.142. The van der Waals surface area contributed by atoms with Crippen LogP contribution in [-0.2, 0) is 26.3 Å². The summed E-state index contributed by atoms with van der Waals surface area (Å²) in [5.41, 5.74) is 8.99. The van der Waals surface area contributed by atoms with Crippen LogP contribution in [0.15, 0.2) is 36.4 Å². The van der Waals surface area contributed by atoms with Gasteiger partial charge in [0.15, 0.2) is 6.10 Å². The van der Waals surface area contributed by atoms with Crippen molar-refractivity contribution in [1.29, 1.82) is 0 Å². The van der Waals surface area contributed by atoms with E-state index in [2.05, 4.69) is 10.2 Å². The number of piperidine rings is 3. The summed E-state index contributed by atoms with van der Waals surface area (Å²) in [5, 5.41) is 3.18. The molecule has 11 heteroatoms. The number of benzene rings is 2. The molecule has 4 aliphatic heterocycles. The number of likely N-dealkylation sites (tertiary alicyclic amines) is 3. The molecule has 2 aromatic carbocycles. The molecule has 10 nitrogen and oxygen atoms in total. The van der Waals surface area contributed by atoms with E-state index in [4.69, 9.17) is 26.8 Å². The molecule has 3 N–H and O–H groups in total. The summed E-state index contributed by atoms with van der Waals surface area (Å²) in [6.07, 6.45) is 4.64. The molecule has 236 valence electrons. The van der Waals surface area contributed by atoms with Crippen LogP contribution in [0.25, 0.3) is 0 Å². The van der Waals surface area contributed by atoms with Crippen LogP contribution < -0.4 is 11.1 Å². The van der Waals surface area contributed by atoms with Crippen LogP contribution in [0, 0.1) is 6.92 Å². The number of nitrogen functional groups attached to an aromatic ring is 1. The van der Waals surface area contributed by atoms with Crippen LogP contribution in [0.5, 0.6) is 0 Å². The van der Waals surface area contributed by atoms with Gasteiger partial charge in [0.1, 0.15) is 5.60 Å². The summed E-state index contributed by atoms with van der Waals surface area (Å²) >= 11 is 6.38. The van der Waals surface area contributed by atoms with Crippen LogP contribution >= 0.6 is 11.6 Å². The van der Waals surface area contributed by atoms with E-state index in [1.165, 1.54) is 19.3 Å². The number of nitrogens with one attached hydrogen (secondary N) is 1. The molecule has 3 fully saturated rings. The molecule has 3 saturated heterocycles. The normalized spacial score (nSPS) is 21.3. The quantitative estimate of drug-likeness (QED) is 0.434. The number of ether oxygens (including phenoxy) is 2. The molecule has 0 radical (unpaired) electrons. The molecule has 0 bridgehead atoms. The third-order valence-corrected chi connectivity index (χ3v) is 10.1. The number of nitrogens with two attached hydrogens (primary N) is 1. The number of para-hydroxylation sites is 1. The lowest BCUT2D eigenvalue weighted by Gasteiger charge is -2.44. The Balaban J connectivity index is 1.14. The SMILES string of the molecule is Cc1cc(C[C@@H](OC(=O)N2CCC3(CC2)OC(=O)Nc2ccccc23)C(=O)N2CCC(N3CCCCC3)CC2)cc(Cl)c1N. The van der Waals surface area contributed by atoms with Gasteiger partial charge in [-0.25, -0.2) is 9.59 Å². The maximum absolute atomic E-state index is 14.0. The summed E-state index contributed by atoms with van der Waals surface area (Å²) in [4.78, 5) is 45.9. The van der Waals surface area contributed by atoms with Crippen LogP contribution in [0.1, 0.15) is 61.6 Å². The summed E-state index contributed by atoms with van der Waals surface area (Å²) in [6.45, 7) is 6.07. The summed E-state index contributed by atoms with van der Waals surface area (Å²) in [7, 11) is 0. The molecule has 4 aliphatic rings. The molecule has 6 rings (SSSR count). The van der Waals surface area contributed by atoms with Gasteiger partial charge >= 0.3 is 12.2 Å². The van der Waals surface area contributed by atoms with Gasteiger partial charge in [-0.3, -0.25) is 10.1 Å². The van der Waals surface area contributed by atoms with Gasteiger partial charge in [0.05, 0.1) is 16.4 Å². The van der Waals surface area contributed by atoms with E-state index in [-0.39, 0.29) is 12.3 Å². The van der Waals surface area contributed by atoms with Gasteiger partial charge < -0.3 is 29.9 Å². The second-order valence-electron chi connectivity index (χ2n) is 12.6. The Morgan fingerprint density at radius 3 is 2.45 bits per heavy atom. The van der Waals surface area contributed by atoms with E-state index >= 15 is 0 Å². The average Bonchev–Trinajstić information content (AvgIpc) is 3.03. The minimum Gasteiger partial charge on any atom is -0.438 e. The van der Waals surface area contributed by atoms with Crippen molar-refractivity contribution in [3.8, 4) is 0 Å². The predicted octanol–water partition coefficient (Wildman–Crippen LogP) is 5.31. The largest absolute Gasteiger partial charge is 0.438 e. The van der Waals surface area contributed by atoms with Crippen molar-refractivity contribution < 1.29 is 23.9 Å². The van der Waals surface area contributed by atoms with Gasteiger partial charge in [-0.1, -0.05) is 42.3 Å². The Morgan fingerprint density at radius 2 is 1.75 bits per heavy atom. The highest BCUT2D eigenvalue weighted by Gasteiger charge is 2.45. The van der Waals surface area contributed by atoms with Crippen molar-refractivity contribution in [1.82, 2.24) is 14.7 Å². The van der Waals surface area contributed by atoms with Gasteiger partial charge in [0.25, 0.3) is 5.91 Å². The van der Waals surface area contributed by atoms with E-state index in [1.807, 2.05) is 42.2 Å². The Hall–Kier alpha value is -3.50. The van der Waals surface area contributed by atoms with E-state index in [9.17, 15) is 14.4 Å². The highest BCUT2D eigenvalue weighted by Crippen LogP contribution is 2.43. The van der Waals surface area contributed by atoms with Crippen LogP contribution in [0.3, 0.4) is 0 Å². The molecule has 0 saturated carbocycles. The van der Waals surface area contributed by atoms with Crippen molar-refractivity contribution in [3.63, 3.8) is 0 Å². The highest BCUT2D eigenvalue weighted by atomic mass is 35.5. The number of anilines is 2. The number of hydrogen-bond acceptors (Lipinski definition) is 7. The first kappa shape index (κ1) is 30.5. The number of carbonyl (C=O) groups is 3. The molecular weight excluding hydrogens is 582 g/mol. The maximum Gasteiger partial charge on any atom is 0.412 e. The molecule has 1 atom stereocenters. The van der Waals surface area contributed by atoms with Crippen molar-refractivity contribution in [3.05, 3.63) is 58.1 Å². The first-order valence-corrected chi connectivity index (χ1v) is 16.2. The fourth-order valence-corrected chi connectivity index (χ4v) is 7.54. The van der Waals surface area contributed by atoms with Crippen LogP contribution in [0.4, 0.5) is 21.0 Å². The number of halogens is 1. The topological polar surface area (TPSA) is 117 Å². The molecule has 0 aliphatic carbocycles. The van der Waals surface area contributed by atoms with Crippen molar-refractivity contribution in [2.45, 2.75) is 76.0 Å².